The molecular formula is C14H20N2O2. The van der Waals surface area contributed by atoms with E-state index in [-0.39, 0.29) is 0 Å². The van der Waals surface area contributed by atoms with Gasteiger partial charge in [-0.2, -0.15) is 0 Å². The van der Waals surface area contributed by atoms with E-state index in [0.29, 0.717) is 17.9 Å². The molecule has 0 aliphatic rings. The largest absolute Gasteiger partial charge is 0.478 e. The number of carboxylic acids is 1. The predicted molar refractivity (Wildman–Crippen MR) is 73.3 cm³/mol. The van der Waals surface area contributed by atoms with Crippen molar-refractivity contribution in [1.29, 1.82) is 0 Å². The van der Waals surface area contributed by atoms with E-state index in [9.17, 15) is 4.79 Å². The third-order valence-corrected chi connectivity index (χ3v) is 2.64. The fourth-order valence-electron chi connectivity index (χ4n) is 1.76. The first-order valence-corrected chi connectivity index (χ1v) is 6.22. The number of hydrogen-bond donors (Lipinski definition) is 1. The standard InChI is InChI=1S/C14H20N2O2/c1-4-7-16(8-5-2)13-10-11(14(17)18)9-12(6-3)15-13/h4,9-10H,1,5-8H2,2-3H3,(H,17,18). The number of aryl methyl sites for hydroxylation is 1. The number of carboxylic acid groups (broad SMARTS) is 1. The maximum atomic E-state index is 11.1. The average Bonchev–Trinajstić information content (AvgIpc) is 2.37. The number of anilines is 1. The Morgan fingerprint density at radius 2 is 2.22 bits per heavy atom. The van der Waals surface area contributed by atoms with Gasteiger partial charge in [0.1, 0.15) is 5.82 Å². The second-order valence-corrected chi connectivity index (χ2v) is 4.10. The van der Waals surface area contributed by atoms with Gasteiger partial charge in [-0.1, -0.05) is 19.9 Å². The molecule has 0 aliphatic heterocycles. The number of aromatic nitrogens is 1. The quantitative estimate of drug-likeness (QED) is 0.754. The maximum Gasteiger partial charge on any atom is 0.335 e. The molecule has 4 heteroatoms. The summed E-state index contributed by atoms with van der Waals surface area (Å²) >= 11 is 0. The number of carbonyl (C=O) groups is 1. The summed E-state index contributed by atoms with van der Waals surface area (Å²) in [5, 5.41) is 9.10. The Balaban J connectivity index is 3.14. The summed E-state index contributed by atoms with van der Waals surface area (Å²) in [5.74, 6) is -0.197. The minimum Gasteiger partial charge on any atom is -0.478 e. The molecule has 1 rings (SSSR count). The van der Waals surface area contributed by atoms with Crippen LogP contribution >= 0.6 is 0 Å². The molecule has 0 aromatic carbocycles. The Kier molecular flexibility index (Phi) is 5.36. The van der Waals surface area contributed by atoms with Crippen molar-refractivity contribution in [2.75, 3.05) is 18.0 Å². The fourth-order valence-corrected chi connectivity index (χ4v) is 1.76. The number of nitrogens with zero attached hydrogens (tertiary/aromatic N) is 2. The Morgan fingerprint density at radius 1 is 1.50 bits per heavy atom. The second-order valence-electron chi connectivity index (χ2n) is 4.10. The van der Waals surface area contributed by atoms with Gasteiger partial charge in [-0.05, 0) is 25.0 Å². The molecule has 0 fully saturated rings. The van der Waals surface area contributed by atoms with Crippen LogP contribution in [0.2, 0.25) is 0 Å². The summed E-state index contributed by atoms with van der Waals surface area (Å²) in [6, 6.07) is 3.25. The van der Waals surface area contributed by atoms with E-state index in [0.717, 1.165) is 25.1 Å². The lowest BCUT2D eigenvalue weighted by Gasteiger charge is -2.22. The van der Waals surface area contributed by atoms with Gasteiger partial charge in [0, 0.05) is 18.8 Å². The lowest BCUT2D eigenvalue weighted by Crippen LogP contribution is -2.25. The van der Waals surface area contributed by atoms with Crippen LogP contribution < -0.4 is 4.90 Å². The first kappa shape index (κ1) is 14.2. The second kappa shape index (κ2) is 6.79. The monoisotopic (exact) mass is 248 g/mol. The van der Waals surface area contributed by atoms with Gasteiger partial charge in [0.15, 0.2) is 0 Å². The third kappa shape index (κ3) is 3.58. The van der Waals surface area contributed by atoms with E-state index in [1.807, 2.05) is 11.8 Å². The van der Waals surface area contributed by atoms with Crippen molar-refractivity contribution in [3.05, 3.63) is 36.0 Å². The molecule has 0 saturated heterocycles. The number of pyridine rings is 1. The van der Waals surface area contributed by atoms with Crippen LogP contribution in [0.15, 0.2) is 24.8 Å². The molecule has 0 amide bonds. The molecule has 0 atom stereocenters. The summed E-state index contributed by atoms with van der Waals surface area (Å²) < 4.78 is 0. The lowest BCUT2D eigenvalue weighted by molar-refractivity contribution is 0.0696. The van der Waals surface area contributed by atoms with Gasteiger partial charge in [0.2, 0.25) is 0 Å². The van der Waals surface area contributed by atoms with Gasteiger partial charge in [-0.15, -0.1) is 6.58 Å². The fraction of sp³-hybridized carbons (Fsp3) is 0.429. The number of hydrogen-bond acceptors (Lipinski definition) is 3. The highest BCUT2D eigenvalue weighted by molar-refractivity contribution is 5.88. The van der Waals surface area contributed by atoms with Gasteiger partial charge in [0.05, 0.1) is 5.56 Å². The Bertz CT molecular complexity index is 430. The molecule has 4 nitrogen and oxygen atoms in total. The molecule has 1 heterocycles. The van der Waals surface area contributed by atoms with Gasteiger partial charge in [-0.3, -0.25) is 0 Å². The molecule has 0 radical (unpaired) electrons. The van der Waals surface area contributed by atoms with Gasteiger partial charge >= 0.3 is 5.97 Å². The Labute approximate surface area is 108 Å². The van der Waals surface area contributed by atoms with Gasteiger partial charge in [0.25, 0.3) is 0 Å². The highest BCUT2D eigenvalue weighted by Crippen LogP contribution is 2.16. The lowest BCUT2D eigenvalue weighted by atomic mass is 10.2. The van der Waals surface area contributed by atoms with Crippen LogP contribution in [0, 0.1) is 0 Å². The van der Waals surface area contributed by atoms with Crippen molar-refractivity contribution in [3.63, 3.8) is 0 Å². The third-order valence-electron chi connectivity index (χ3n) is 2.64. The normalized spacial score (nSPS) is 10.1. The van der Waals surface area contributed by atoms with Crippen LogP contribution in [-0.2, 0) is 6.42 Å². The molecule has 18 heavy (non-hydrogen) atoms. The van der Waals surface area contributed by atoms with Gasteiger partial charge in [-0.25, -0.2) is 9.78 Å². The zero-order valence-electron chi connectivity index (χ0n) is 11.0. The Hall–Kier alpha value is -1.84. The van der Waals surface area contributed by atoms with Crippen molar-refractivity contribution in [3.8, 4) is 0 Å². The average molecular weight is 248 g/mol. The van der Waals surface area contributed by atoms with E-state index in [1.54, 1.807) is 18.2 Å². The minimum absolute atomic E-state index is 0.294. The van der Waals surface area contributed by atoms with Gasteiger partial charge < -0.3 is 10.0 Å². The van der Waals surface area contributed by atoms with Crippen molar-refractivity contribution >= 4 is 11.8 Å². The van der Waals surface area contributed by atoms with E-state index in [2.05, 4.69) is 18.5 Å². The van der Waals surface area contributed by atoms with Crippen molar-refractivity contribution in [2.24, 2.45) is 0 Å². The first-order chi connectivity index (χ1) is 8.62. The van der Waals surface area contributed by atoms with Crippen LogP contribution in [-0.4, -0.2) is 29.1 Å². The van der Waals surface area contributed by atoms with E-state index in [4.69, 9.17) is 5.11 Å². The van der Waals surface area contributed by atoms with Crippen LogP contribution in [0.25, 0.3) is 0 Å². The zero-order chi connectivity index (χ0) is 13.5. The first-order valence-electron chi connectivity index (χ1n) is 6.22. The summed E-state index contributed by atoms with van der Waals surface area (Å²) in [6.45, 7) is 9.28. The van der Waals surface area contributed by atoms with Crippen molar-refractivity contribution in [1.82, 2.24) is 4.98 Å². The minimum atomic E-state index is -0.914. The van der Waals surface area contributed by atoms with Crippen LogP contribution in [0.3, 0.4) is 0 Å². The zero-order valence-corrected chi connectivity index (χ0v) is 11.0. The van der Waals surface area contributed by atoms with E-state index >= 15 is 0 Å². The maximum absolute atomic E-state index is 11.1. The molecule has 0 bridgehead atoms. The van der Waals surface area contributed by atoms with E-state index < -0.39 is 5.97 Å². The smallest absolute Gasteiger partial charge is 0.335 e. The molecule has 1 N–H and O–H groups in total. The molecule has 0 spiro atoms. The van der Waals surface area contributed by atoms with E-state index in [1.165, 1.54) is 0 Å². The highest BCUT2D eigenvalue weighted by atomic mass is 16.4. The molecule has 1 aromatic heterocycles. The molecule has 0 unspecified atom stereocenters. The topological polar surface area (TPSA) is 53.4 Å². The molecule has 0 aliphatic carbocycles. The summed E-state index contributed by atoms with van der Waals surface area (Å²) in [6.07, 6.45) is 3.51. The van der Waals surface area contributed by atoms with Crippen molar-refractivity contribution in [2.45, 2.75) is 26.7 Å². The highest BCUT2D eigenvalue weighted by Gasteiger charge is 2.11. The van der Waals surface area contributed by atoms with Crippen LogP contribution in [0.5, 0.6) is 0 Å². The number of aromatic carboxylic acids is 1. The molecule has 0 saturated carbocycles. The summed E-state index contributed by atoms with van der Waals surface area (Å²) in [4.78, 5) is 17.6. The molecular weight excluding hydrogens is 228 g/mol. The van der Waals surface area contributed by atoms with Crippen LogP contribution in [0.1, 0.15) is 36.3 Å². The molecule has 98 valence electrons. The predicted octanol–water partition coefficient (Wildman–Crippen LogP) is 2.74. The van der Waals surface area contributed by atoms with Crippen LogP contribution in [0.4, 0.5) is 5.82 Å². The SMILES string of the molecule is C=CCN(CCC)c1cc(C(=O)O)cc(CC)n1. The van der Waals surface area contributed by atoms with Crippen molar-refractivity contribution < 1.29 is 9.90 Å². The molecule has 1 aromatic rings. The summed E-state index contributed by atoms with van der Waals surface area (Å²) in [5.41, 5.74) is 1.09. The summed E-state index contributed by atoms with van der Waals surface area (Å²) in [7, 11) is 0. The number of rotatable bonds is 7. The Morgan fingerprint density at radius 3 is 2.72 bits per heavy atom.